The second kappa shape index (κ2) is 4.92. The van der Waals surface area contributed by atoms with Crippen LogP contribution in [0.5, 0.6) is 0 Å². The molecule has 0 unspecified atom stereocenters. The molecule has 2 atom stereocenters. The van der Waals surface area contributed by atoms with Crippen molar-refractivity contribution < 1.29 is 4.79 Å². The molecule has 98 valence electrons. The summed E-state index contributed by atoms with van der Waals surface area (Å²) < 4.78 is 0. The largest absolute Gasteiger partial charge is 0.335 e. The minimum absolute atomic E-state index is 0.144. The Balaban J connectivity index is 2.20. The smallest absolute Gasteiger partial charge is 0.245 e. The molecule has 0 aromatic heterocycles. The predicted molar refractivity (Wildman–Crippen MR) is 75.4 cm³/mol. The maximum atomic E-state index is 12.3. The van der Waals surface area contributed by atoms with E-state index < -0.39 is 9.75 Å². The molecule has 2 rings (SSSR count). The average molecular weight is 307 g/mol. The molecule has 1 fully saturated rings. The third-order valence-electron chi connectivity index (χ3n) is 3.40. The van der Waals surface area contributed by atoms with E-state index in [1.165, 1.54) is 0 Å². The van der Waals surface area contributed by atoms with Crippen molar-refractivity contribution in [1.29, 1.82) is 0 Å². The minimum atomic E-state index is -1.15. The SMILES string of the molecule is C[C@@]1(Cl)C(=O)N(Cc2ccccc2)C[C@]1(Cl)CCl. The van der Waals surface area contributed by atoms with Gasteiger partial charge in [0.25, 0.3) is 0 Å². The highest BCUT2D eigenvalue weighted by Crippen LogP contribution is 2.44. The lowest BCUT2D eigenvalue weighted by Gasteiger charge is -2.27. The Morgan fingerprint density at radius 2 is 1.89 bits per heavy atom. The zero-order valence-electron chi connectivity index (χ0n) is 10.00. The lowest BCUT2D eigenvalue weighted by molar-refractivity contribution is -0.130. The van der Waals surface area contributed by atoms with Crippen LogP contribution < -0.4 is 0 Å². The van der Waals surface area contributed by atoms with Crippen molar-refractivity contribution in [2.45, 2.75) is 23.2 Å². The molecular weight excluding hydrogens is 293 g/mol. The summed E-state index contributed by atoms with van der Waals surface area (Å²) in [5.41, 5.74) is 1.05. The van der Waals surface area contributed by atoms with Gasteiger partial charge in [0.2, 0.25) is 5.91 Å². The summed E-state index contributed by atoms with van der Waals surface area (Å²) >= 11 is 18.5. The maximum Gasteiger partial charge on any atom is 0.245 e. The number of carbonyl (C=O) groups is 1. The van der Waals surface area contributed by atoms with Crippen molar-refractivity contribution in [2.75, 3.05) is 12.4 Å². The standard InChI is InChI=1S/C13H14Cl3NO/c1-12(15)11(18)17(9-13(12,16)8-14)7-10-5-3-2-4-6-10/h2-6H,7-9H2,1H3/t12-,13-/m1/s1. The summed E-state index contributed by atoms with van der Waals surface area (Å²) in [6.45, 7) is 2.51. The fraction of sp³-hybridized carbons (Fsp3) is 0.462. The van der Waals surface area contributed by atoms with Crippen molar-refractivity contribution in [3.63, 3.8) is 0 Å². The number of nitrogens with zero attached hydrogens (tertiary/aromatic N) is 1. The summed E-state index contributed by atoms with van der Waals surface area (Å²) in [4.78, 5) is 11.9. The van der Waals surface area contributed by atoms with Gasteiger partial charge in [0, 0.05) is 19.0 Å². The van der Waals surface area contributed by atoms with E-state index in [-0.39, 0.29) is 11.8 Å². The van der Waals surface area contributed by atoms with Crippen molar-refractivity contribution >= 4 is 40.7 Å². The molecule has 0 radical (unpaired) electrons. The van der Waals surface area contributed by atoms with Crippen LogP contribution in [0.1, 0.15) is 12.5 Å². The fourth-order valence-electron chi connectivity index (χ4n) is 2.11. The summed E-state index contributed by atoms with van der Waals surface area (Å²) in [6.07, 6.45) is 0. The van der Waals surface area contributed by atoms with Gasteiger partial charge in [0.15, 0.2) is 0 Å². The monoisotopic (exact) mass is 305 g/mol. The normalized spacial score (nSPS) is 32.0. The van der Waals surface area contributed by atoms with E-state index in [1.807, 2.05) is 30.3 Å². The highest BCUT2D eigenvalue weighted by atomic mass is 35.5. The van der Waals surface area contributed by atoms with Crippen molar-refractivity contribution in [2.24, 2.45) is 0 Å². The van der Waals surface area contributed by atoms with Gasteiger partial charge in [-0.05, 0) is 12.5 Å². The van der Waals surface area contributed by atoms with Crippen molar-refractivity contribution in [3.8, 4) is 0 Å². The molecule has 0 spiro atoms. The first kappa shape index (κ1) is 14.0. The summed E-state index contributed by atoms with van der Waals surface area (Å²) in [5, 5.41) is 0. The molecule has 5 heteroatoms. The molecule has 0 saturated carbocycles. The van der Waals surface area contributed by atoms with Gasteiger partial charge in [-0.25, -0.2) is 0 Å². The van der Waals surface area contributed by atoms with E-state index in [2.05, 4.69) is 0 Å². The average Bonchev–Trinajstić information content (AvgIpc) is 2.53. The molecule has 0 bridgehead atoms. The third kappa shape index (κ3) is 2.22. The predicted octanol–water partition coefficient (Wildman–Crippen LogP) is 3.24. The number of hydrogen-bond donors (Lipinski definition) is 0. The van der Waals surface area contributed by atoms with E-state index in [0.29, 0.717) is 13.1 Å². The van der Waals surface area contributed by atoms with Crippen LogP contribution in [0, 0.1) is 0 Å². The molecule has 2 nitrogen and oxygen atoms in total. The first-order valence-corrected chi connectivity index (χ1v) is 6.97. The van der Waals surface area contributed by atoms with Crippen LogP contribution in [0.25, 0.3) is 0 Å². The van der Waals surface area contributed by atoms with Crippen LogP contribution in [0.4, 0.5) is 0 Å². The molecule has 0 aliphatic carbocycles. The Labute approximate surface area is 122 Å². The van der Waals surface area contributed by atoms with Gasteiger partial charge in [0.1, 0.15) is 9.75 Å². The molecule has 1 aromatic carbocycles. The Bertz CT molecular complexity index is 449. The van der Waals surface area contributed by atoms with Crippen LogP contribution in [-0.2, 0) is 11.3 Å². The van der Waals surface area contributed by atoms with Gasteiger partial charge in [-0.15, -0.1) is 34.8 Å². The number of halogens is 3. The molecule has 1 aromatic rings. The topological polar surface area (TPSA) is 20.3 Å². The van der Waals surface area contributed by atoms with Gasteiger partial charge in [-0.2, -0.15) is 0 Å². The number of likely N-dealkylation sites (tertiary alicyclic amines) is 1. The fourth-order valence-corrected chi connectivity index (χ4v) is 3.00. The molecular formula is C13H14Cl3NO. The van der Waals surface area contributed by atoms with Crippen LogP contribution in [-0.4, -0.2) is 33.0 Å². The first-order valence-electron chi connectivity index (χ1n) is 5.68. The van der Waals surface area contributed by atoms with Crippen molar-refractivity contribution in [3.05, 3.63) is 35.9 Å². The summed E-state index contributed by atoms with van der Waals surface area (Å²) in [5.74, 6) is -0.0188. The Morgan fingerprint density at radius 3 is 2.39 bits per heavy atom. The first-order chi connectivity index (χ1) is 8.40. The highest BCUT2D eigenvalue weighted by molar-refractivity contribution is 6.45. The Hall–Kier alpha value is -0.440. The lowest BCUT2D eigenvalue weighted by Crippen LogP contribution is -2.45. The van der Waals surface area contributed by atoms with Crippen LogP contribution >= 0.6 is 34.8 Å². The number of amides is 1. The van der Waals surface area contributed by atoms with E-state index in [4.69, 9.17) is 34.8 Å². The minimum Gasteiger partial charge on any atom is -0.335 e. The molecule has 18 heavy (non-hydrogen) atoms. The van der Waals surface area contributed by atoms with Gasteiger partial charge in [-0.3, -0.25) is 4.79 Å². The van der Waals surface area contributed by atoms with Gasteiger partial charge >= 0.3 is 0 Å². The van der Waals surface area contributed by atoms with E-state index in [9.17, 15) is 4.79 Å². The Kier molecular flexibility index (Phi) is 3.82. The van der Waals surface area contributed by atoms with Gasteiger partial charge in [0.05, 0.1) is 0 Å². The number of carbonyl (C=O) groups excluding carboxylic acids is 1. The van der Waals surface area contributed by atoms with Crippen LogP contribution in [0.3, 0.4) is 0 Å². The number of hydrogen-bond acceptors (Lipinski definition) is 1. The van der Waals surface area contributed by atoms with E-state index >= 15 is 0 Å². The third-order valence-corrected chi connectivity index (χ3v) is 5.24. The lowest BCUT2D eigenvalue weighted by atomic mass is 9.98. The van der Waals surface area contributed by atoms with Gasteiger partial charge < -0.3 is 4.90 Å². The van der Waals surface area contributed by atoms with Gasteiger partial charge in [-0.1, -0.05) is 30.3 Å². The Morgan fingerprint density at radius 1 is 1.28 bits per heavy atom. The molecule has 0 N–H and O–H groups in total. The summed E-state index contributed by atoms with van der Waals surface area (Å²) in [6, 6.07) is 9.74. The second-order valence-corrected chi connectivity index (χ2v) is 6.50. The molecule has 1 amide bonds. The number of alkyl halides is 3. The molecule has 1 aliphatic heterocycles. The number of rotatable bonds is 3. The van der Waals surface area contributed by atoms with E-state index in [0.717, 1.165) is 5.56 Å². The zero-order valence-corrected chi connectivity index (χ0v) is 12.3. The number of benzene rings is 1. The maximum absolute atomic E-state index is 12.3. The van der Waals surface area contributed by atoms with E-state index in [1.54, 1.807) is 11.8 Å². The zero-order chi connectivity index (χ0) is 13.4. The quantitative estimate of drug-likeness (QED) is 0.785. The van der Waals surface area contributed by atoms with Crippen LogP contribution in [0.2, 0.25) is 0 Å². The highest BCUT2D eigenvalue weighted by Gasteiger charge is 2.59. The van der Waals surface area contributed by atoms with Crippen LogP contribution in [0.15, 0.2) is 30.3 Å². The summed E-state index contributed by atoms with van der Waals surface area (Å²) in [7, 11) is 0. The molecule has 1 saturated heterocycles. The second-order valence-electron chi connectivity index (χ2n) is 4.75. The molecule has 1 heterocycles. The van der Waals surface area contributed by atoms with Crippen molar-refractivity contribution in [1.82, 2.24) is 4.90 Å². The molecule has 1 aliphatic rings.